The lowest BCUT2D eigenvalue weighted by Crippen LogP contribution is -2.30. The molecule has 0 aliphatic carbocycles. The van der Waals surface area contributed by atoms with Crippen molar-refractivity contribution < 1.29 is 14.3 Å². The number of aryl methyl sites for hydroxylation is 1. The number of amides is 1. The van der Waals surface area contributed by atoms with Crippen LogP contribution in [-0.2, 0) is 22.5 Å². The number of nitrogens with zero attached hydrogens (tertiary/aromatic N) is 1. The minimum absolute atomic E-state index is 0.236. The van der Waals surface area contributed by atoms with Crippen LogP contribution in [0.5, 0.6) is 0 Å². The van der Waals surface area contributed by atoms with Crippen molar-refractivity contribution in [2.45, 2.75) is 19.9 Å². The fraction of sp³-hybridized carbons (Fsp3) is 0.263. The molecule has 0 aromatic heterocycles. The van der Waals surface area contributed by atoms with Crippen LogP contribution in [0.1, 0.15) is 28.4 Å². The summed E-state index contributed by atoms with van der Waals surface area (Å²) in [5, 5.41) is 0. The highest BCUT2D eigenvalue weighted by molar-refractivity contribution is 9.10. The third-order valence-corrected chi connectivity index (χ3v) is 4.33. The van der Waals surface area contributed by atoms with Gasteiger partial charge < -0.3 is 15.4 Å². The molecule has 132 valence electrons. The minimum Gasteiger partial charge on any atom is -0.452 e. The molecule has 0 heterocycles. The summed E-state index contributed by atoms with van der Waals surface area (Å²) in [4.78, 5) is 25.8. The van der Waals surface area contributed by atoms with Crippen molar-refractivity contribution in [1.82, 2.24) is 4.90 Å². The molecule has 0 spiro atoms. The Balaban J connectivity index is 1.90. The zero-order chi connectivity index (χ0) is 18.4. The van der Waals surface area contributed by atoms with Gasteiger partial charge in [0, 0.05) is 23.8 Å². The molecule has 2 aromatic rings. The van der Waals surface area contributed by atoms with Crippen LogP contribution < -0.4 is 5.73 Å². The van der Waals surface area contributed by atoms with Gasteiger partial charge in [-0.15, -0.1) is 0 Å². The van der Waals surface area contributed by atoms with Crippen LogP contribution in [0.2, 0.25) is 0 Å². The molecule has 0 radical (unpaired) electrons. The molecule has 0 unspecified atom stereocenters. The van der Waals surface area contributed by atoms with Gasteiger partial charge in [0.25, 0.3) is 5.91 Å². The summed E-state index contributed by atoms with van der Waals surface area (Å²) in [6.45, 7) is 2.23. The maximum Gasteiger partial charge on any atom is 0.340 e. The largest absolute Gasteiger partial charge is 0.452 e. The summed E-state index contributed by atoms with van der Waals surface area (Å²) in [7, 11) is 1.68. The number of hydrogen-bond acceptors (Lipinski definition) is 4. The highest BCUT2D eigenvalue weighted by Gasteiger charge is 2.16. The molecule has 2 N–H and O–H groups in total. The molecule has 6 heteroatoms. The second-order valence-electron chi connectivity index (χ2n) is 5.73. The van der Waals surface area contributed by atoms with Gasteiger partial charge in [0.05, 0.1) is 5.56 Å². The summed E-state index contributed by atoms with van der Waals surface area (Å²) in [5.74, 6) is -0.894. The number of rotatable bonds is 6. The summed E-state index contributed by atoms with van der Waals surface area (Å²) >= 11 is 3.28. The van der Waals surface area contributed by atoms with Crippen molar-refractivity contribution in [2.24, 2.45) is 0 Å². The molecule has 0 saturated carbocycles. The SMILES string of the molecule is CCc1ccc(CN(C)C(=O)COC(=O)c2cc(Br)ccc2N)cc1. The topological polar surface area (TPSA) is 72.6 Å². The minimum atomic E-state index is -0.618. The Morgan fingerprint density at radius 2 is 1.76 bits per heavy atom. The molecule has 2 rings (SSSR count). The second kappa shape index (κ2) is 8.67. The van der Waals surface area contributed by atoms with Gasteiger partial charge in [0.1, 0.15) is 0 Å². The Bertz CT molecular complexity index is 760. The van der Waals surface area contributed by atoms with Gasteiger partial charge in [-0.1, -0.05) is 47.1 Å². The molecule has 0 saturated heterocycles. The smallest absolute Gasteiger partial charge is 0.340 e. The van der Waals surface area contributed by atoms with E-state index in [1.807, 2.05) is 24.3 Å². The third-order valence-electron chi connectivity index (χ3n) is 3.84. The Morgan fingerprint density at radius 3 is 2.40 bits per heavy atom. The van der Waals surface area contributed by atoms with E-state index in [2.05, 4.69) is 22.9 Å². The molecule has 0 aliphatic heterocycles. The first-order valence-corrected chi connectivity index (χ1v) is 8.74. The normalized spacial score (nSPS) is 10.4. The lowest BCUT2D eigenvalue weighted by Gasteiger charge is -2.17. The number of anilines is 1. The van der Waals surface area contributed by atoms with Crippen molar-refractivity contribution in [2.75, 3.05) is 19.4 Å². The zero-order valence-corrected chi connectivity index (χ0v) is 15.9. The first kappa shape index (κ1) is 19.0. The van der Waals surface area contributed by atoms with E-state index in [1.165, 1.54) is 10.5 Å². The second-order valence-corrected chi connectivity index (χ2v) is 6.64. The maximum absolute atomic E-state index is 12.2. The van der Waals surface area contributed by atoms with Crippen LogP contribution in [0.25, 0.3) is 0 Å². The molecule has 2 aromatic carbocycles. The van der Waals surface area contributed by atoms with Crippen molar-refractivity contribution in [3.8, 4) is 0 Å². The van der Waals surface area contributed by atoms with Gasteiger partial charge >= 0.3 is 5.97 Å². The molecule has 1 amide bonds. The number of nitrogen functional groups attached to an aromatic ring is 1. The van der Waals surface area contributed by atoms with E-state index in [-0.39, 0.29) is 18.1 Å². The van der Waals surface area contributed by atoms with Crippen LogP contribution in [0.15, 0.2) is 46.9 Å². The number of carbonyl (C=O) groups excluding carboxylic acids is 2. The molecular weight excluding hydrogens is 384 g/mol. The Morgan fingerprint density at radius 1 is 1.12 bits per heavy atom. The summed E-state index contributed by atoms with van der Waals surface area (Å²) in [5.41, 5.74) is 8.58. The number of likely N-dealkylation sites (N-methyl/N-ethyl adjacent to an activating group) is 1. The number of ether oxygens (including phenoxy) is 1. The summed E-state index contributed by atoms with van der Waals surface area (Å²) < 4.78 is 5.81. The molecule has 0 bridgehead atoms. The Labute approximate surface area is 155 Å². The van der Waals surface area contributed by atoms with Crippen molar-refractivity contribution in [1.29, 1.82) is 0 Å². The van der Waals surface area contributed by atoms with Crippen LogP contribution in [0.4, 0.5) is 5.69 Å². The summed E-state index contributed by atoms with van der Waals surface area (Å²) in [6, 6.07) is 13.0. The first-order chi connectivity index (χ1) is 11.9. The van der Waals surface area contributed by atoms with Crippen molar-refractivity contribution in [3.05, 3.63) is 63.6 Å². The maximum atomic E-state index is 12.2. The van der Waals surface area contributed by atoms with E-state index >= 15 is 0 Å². The van der Waals surface area contributed by atoms with E-state index in [4.69, 9.17) is 10.5 Å². The van der Waals surface area contributed by atoms with Crippen LogP contribution >= 0.6 is 15.9 Å². The Hall–Kier alpha value is -2.34. The average Bonchev–Trinajstić information content (AvgIpc) is 2.62. The van der Waals surface area contributed by atoms with Crippen molar-refractivity contribution in [3.63, 3.8) is 0 Å². The predicted molar refractivity (Wildman–Crippen MR) is 101 cm³/mol. The highest BCUT2D eigenvalue weighted by Crippen LogP contribution is 2.19. The van der Waals surface area contributed by atoms with Gasteiger partial charge in [-0.05, 0) is 35.7 Å². The lowest BCUT2D eigenvalue weighted by molar-refractivity contribution is -0.133. The summed E-state index contributed by atoms with van der Waals surface area (Å²) in [6.07, 6.45) is 0.976. The fourth-order valence-corrected chi connectivity index (χ4v) is 2.62. The van der Waals surface area contributed by atoms with Gasteiger partial charge in [0.2, 0.25) is 0 Å². The quantitative estimate of drug-likeness (QED) is 0.591. The zero-order valence-electron chi connectivity index (χ0n) is 14.3. The van der Waals surface area contributed by atoms with Gasteiger partial charge in [-0.3, -0.25) is 4.79 Å². The van der Waals surface area contributed by atoms with Crippen LogP contribution in [0.3, 0.4) is 0 Å². The third kappa shape index (κ3) is 5.32. The molecule has 0 atom stereocenters. The van der Waals surface area contributed by atoms with Crippen LogP contribution in [-0.4, -0.2) is 30.4 Å². The standard InChI is InChI=1S/C19H21BrN2O3/c1-3-13-4-6-14(7-5-13)11-22(2)18(23)12-25-19(24)16-10-15(20)8-9-17(16)21/h4-10H,3,11-12,21H2,1-2H3. The number of carbonyl (C=O) groups is 2. The highest BCUT2D eigenvalue weighted by atomic mass is 79.9. The number of hydrogen-bond donors (Lipinski definition) is 1. The molecule has 5 nitrogen and oxygen atoms in total. The average molecular weight is 405 g/mol. The van der Waals surface area contributed by atoms with Gasteiger partial charge in [-0.2, -0.15) is 0 Å². The van der Waals surface area contributed by atoms with E-state index in [9.17, 15) is 9.59 Å². The number of halogens is 1. The van der Waals surface area contributed by atoms with Gasteiger partial charge in [-0.25, -0.2) is 4.79 Å². The number of benzene rings is 2. The number of esters is 1. The fourth-order valence-electron chi connectivity index (χ4n) is 2.26. The molecular formula is C19H21BrN2O3. The predicted octanol–water partition coefficient (Wildman–Crippen LogP) is 3.41. The van der Waals surface area contributed by atoms with Crippen molar-refractivity contribution >= 4 is 33.5 Å². The monoisotopic (exact) mass is 404 g/mol. The molecule has 25 heavy (non-hydrogen) atoms. The van der Waals surface area contributed by atoms with E-state index < -0.39 is 5.97 Å². The number of nitrogens with two attached hydrogens (primary N) is 1. The van der Waals surface area contributed by atoms with E-state index in [0.717, 1.165) is 12.0 Å². The van der Waals surface area contributed by atoms with E-state index in [1.54, 1.807) is 25.2 Å². The van der Waals surface area contributed by atoms with E-state index in [0.29, 0.717) is 16.7 Å². The van der Waals surface area contributed by atoms with Gasteiger partial charge in [0.15, 0.2) is 6.61 Å². The first-order valence-electron chi connectivity index (χ1n) is 7.94. The van der Waals surface area contributed by atoms with Crippen LogP contribution in [0, 0.1) is 0 Å². The lowest BCUT2D eigenvalue weighted by atomic mass is 10.1. The Kier molecular flexibility index (Phi) is 6.58. The molecule has 0 fully saturated rings. The molecule has 0 aliphatic rings.